The maximum atomic E-state index is 12.1. The molecule has 7 heteroatoms. The predicted molar refractivity (Wildman–Crippen MR) is 109 cm³/mol. The monoisotopic (exact) mass is 383 g/mol. The molecule has 2 amide bonds. The molecule has 0 saturated heterocycles. The standard InChI is InChI=1S/C21H25N3O4/c1-15(25)16-4-6-17(7-5-16)22-20(26)12-13-24(2)14-21(27)23-18-8-10-19(28-3)11-9-18/h4-11H,12-14H2,1-3H3,(H,22,26)(H,23,27). The number of anilines is 2. The number of likely N-dealkylation sites (N-methyl/N-ethyl adjacent to an activating group) is 1. The highest BCUT2D eigenvalue weighted by atomic mass is 16.5. The van der Waals surface area contributed by atoms with E-state index in [1.165, 1.54) is 6.92 Å². The van der Waals surface area contributed by atoms with Crippen LogP contribution < -0.4 is 15.4 Å². The van der Waals surface area contributed by atoms with Crippen LogP contribution in [-0.4, -0.2) is 49.7 Å². The molecule has 0 atom stereocenters. The lowest BCUT2D eigenvalue weighted by Crippen LogP contribution is -2.32. The minimum absolute atomic E-state index is 0.0209. The number of carbonyl (C=O) groups excluding carboxylic acids is 3. The Hall–Kier alpha value is -3.19. The van der Waals surface area contributed by atoms with Crippen LogP contribution in [-0.2, 0) is 9.59 Å². The summed E-state index contributed by atoms with van der Waals surface area (Å²) >= 11 is 0. The summed E-state index contributed by atoms with van der Waals surface area (Å²) in [6.07, 6.45) is 0.251. The Morgan fingerprint density at radius 1 is 0.893 bits per heavy atom. The van der Waals surface area contributed by atoms with Gasteiger partial charge < -0.3 is 15.4 Å². The van der Waals surface area contributed by atoms with Crippen molar-refractivity contribution in [3.05, 3.63) is 54.1 Å². The molecule has 0 heterocycles. The van der Waals surface area contributed by atoms with Crippen molar-refractivity contribution in [2.75, 3.05) is 37.9 Å². The van der Waals surface area contributed by atoms with Gasteiger partial charge in [0.25, 0.3) is 0 Å². The molecule has 0 aliphatic carbocycles. The minimum Gasteiger partial charge on any atom is -0.497 e. The quantitative estimate of drug-likeness (QED) is 0.650. The van der Waals surface area contributed by atoms with Gasteiger partial charge in [0.15, 0.2) is 5.78 Å². The van der Waals surface area contributed by atoms with Crippen LogP contribution in [0.2, 0.25) is 0 Å². The summed E-state index contributed by atoms with van der Waals surface area (Å²) in [5, 5.41) is 5.58. The summed E-state index contributed by atoms with van der Waals surface area (Å²) < 4.78 is 5.08. The molecular weight excluding hydrogens is 358 g/mol. The molecule has 7 nitrogen and oxygen atoms in total. The predicted octanol–water partition coefficient (Wildman–Crippen LogP) is 2.80. The largest absolute Gasteiger partial charge is 0.497 e. The van der Waals surface area contributed by atoms with Gasteiger partial charge in [-0.3, -0.25) is 19.3 Å². The lowest BCUT2D eigenvalue weighted by molar-refractivity contribution is -0.119. The number of carbonyl (C=O) groups is 3. The minimum atomic E-state index is -0.159. The van der Waals surface area contributed by atoms with Gasteiger partial charge in [0, 0.05) is 29.9 Å². The van der Waals surface area contributed by atoms with Gasteiger partial charge >= 0.3 is 0 Å². The molecule has 0 fully saturated rings. The fourth-order valence-corrected chi connectivity index (χ4v) is 2.50. The molecule has 0 spiro atoms. The van der Waals surface area contributed by atoms with Crippen molar-refractivity contribution in [3.8, 4) is 5.75 Å². The van der Waals surface area contributed by atoms with Crippen LogP contribution in [0.4, 0.5) is 11.4 Å². The van der Waals surface area contributed by atoms with E-state index in [1.807, 2.05) is 0 Å². The van der Waals surface area contributed by atoms with E-state index in [1.54, 1.807) is 67.6 Å². The number of nitrogens with one attached hydrogen (secondary N) is 2. The van der Waals surface area contributed by atoms with Gasteiger partial charge in [0.2, 0.25) is 11.8 Å². The fourth-order valence-electron chi connectivity index (χ4n) is 2.50. The number of ether oxygens (including phenoxy) is 1. The van der Waals surface area contributed by atoms with E-state index in [9.17, 15) is 14.4 Å². The number of rotatable bonds is 9. The highest BCUT2D eigenvalue weighted by Crippen LogP contribution is 2.15. The number of Topliss-reactive ketones (excluding diaryl/α,β-unsaturated/α-hetero) is 1. The van der Waals surface area contributed by atoms with Gasteiger partial charge in [-0.05, 0) is 62.5 Å². The summed E-state index contributed by atoms with van der Waals surface area (Å²) in [4.78, 5) is 37.2. The number of methoxy groups -OCH3 is 1. The summed E-state index contributed by atoms with van der Waals surface area (Å²) in [6, 6.07) is 13.8. The fraction of sp³-hybridized carbons (Fsp3) is 0.286. The van der Waals surface area contributed by atoms with Gasteiger partial charge in [-0.15, -0.1) is 0 Å². The zero-order valence-corrected chi connectivity index (χ0v) is 16.3. The van der Waals surface area contributed by atoms with Crippen molar-refractivity contribution >= 4 is 29.0 Å². The van der Waals surface area contributed by atoms with Crippen LogP contribution in [0.3, 0.4) is 0 Å². The van der Waals surface area contributed by atoms with Crippen LogP contribution in [0.1, 0.15) is 23.7 Å². The smallest absolute Gasteiger partial charge is 0.238 e. The van der Waals surface area contributed by atoms with Gasteiger partial charge in [-0.1, -0.05) is 0 Å². The van der Waals surface area contributed by atoms with E-state index in [-0.39, 0.29) is 30.6 Å². The number of hydrogen-bond donors (Lipinski definition) is 2. The second-order valence-electron chi connectivity index (χ2n) is 6.45. The Morgan fingerprint density at radius 3 is 1.96 bits per heavy atom. The first-order chi connectivity index (χ1) is 13.4. The number of benzene rings is 2. The molecule has 148 valence electrons. The van der Waals surface area contributed by atoms with Gasteiger partial charge in [0.1, 0.15) is 5.75 Å². The lowest BCUT2D eigenvalue weighted by Gasteiger charge is -2.16. The molecule has 2 aromatic carbocycles. The van der Waals surface area contributed by atoms with Crippen LogP contribution in [0.25, 0.3) is 0 Å². The second-order valence-corrected chi connectivity index (χ2v) is 6.45. The van der Waals surface area contributed by atoms with Crippen molar-refractivity contribution < 1.29 is 19.1 Å². The highest BCUT2D eigenvalue weighted by Gasteiger charge is 2.10. The maximum Gasteiger partial charge on any atom is 0.238 e. The Morgan fingerprint density at radius 2 is 1.43 bits per heavy atom. The molecule has 0 aromatic heterocycles. The molecule has 0 radical (unpaired) electrons. The molecule has 2 aromatic rings. The van der Waals surface area contributed by atoms with E-state index < -0.39 is 0 Å². The third kappa shape index (κ3) is 6.85. The maximum absolute atomic E-state index is 12.1. The molecule has 28 heavy (non-hydrogen) atoms. The first-order valence-corrected chi connectivity index (χ1v) is 8.90. The topological polar surface area (TPSA) is 87.7 Å². The number of nitrogens with zero attached hydrogens (tertiary/aromatic N) is 1. The number of amides is 2. The molecule has 0 bridgehead atoms. The number of ketones is 1. The molecule has 0 aliphatic heterocycles. The van der Waals surface area contributed by atoms with Gasteiger partial charge in [-0.2, -0.15) is 0 Å². The van der Waals surface area contributed by atoms with Gasteiger partial charge in [0.05, 0.1) is 13.7 Å². The first-order valence-electron chi connectivity index (χ1n) is 8.90. The second kappa shape index (κ2) is 10.2. The average molecular weight is 383 g/mol. The van der Waals surface area contributed by atoms with Crippen molar-refractivity contribution in [3.63, 3.8) is 0 Å². The zero-order valence-electron chi connectivity index (χ0n) is 16.3. The normalized spacial score (nSPS) is 10.4. The molecule has 2 N–H and O–H groups in total. The zero-order chi connectivity index (χ0) is 20.5. The Labute approximate surface area is 164 Å². The SMILES string of the molecule is COc1ccc(NC(=O)CN(C)CCC(=O)Nc2ccc(C(C)=O)cc2)cc1. The van der Waals surface area contributed by atoms with E-state index in [2.05, 4.69) is 10.6 Å². The van der Waals surface area contributed by atoms with Crippen LogP contribution in [0, 0.1) is 0 Å². The van der Waals surface area contributed by atoms with E-state index in [0.717, 1.165) is 5.75 Å². The average Bonchev–Trinajstić information content (AvgIpc) is 2.67. The Kier molecular flexibility index (Phi) is 7.71. The summed E-state index contributed by atoms with van der Waals surface area (Å²) in [7, 11) is 3.36. The molecule has 0 saturated carbocycles. The highest BCUT2D eigenvalue weighted by molar-refractivity contribution is 5.95. The third-order valence-corrected chi connectivity index (χ3v) is 4.08. The van der Waals surface area contributed by atoms with E-state index in [4.69, 9.17) is 4.74 Å². The van der Waals surface area contributed by atoms with Crippen LogP contribution in [0.5, 0.6) is 5.75 Å². The van der Waals surface area contributed by atoms with Gasteiger partial charge in [-0.25, -0.2) is 0 Å². The van der Waals surface area contributed by atoms with Crippen LogP contribution >= 0.6 is 0 Å². The molecule has 0 aliphatic rings. The van der Waals surface area contributed by atoms with Crippen molar-refractivity contribution in [2.24, 2.45) is 0 Å². The Balaban J connectivity index is 1.73. The van der Waals surface area contributed by atoms with Crippen LogP contribution in [0.15, 0.2) is 48.5 Å². The summed E-state index contributed by atoms with van der Waals surface area (Å²) in [6.45, 7) is 2.11. The molecule has 0 unspecified atom stereocenters. The van der Waals surface area contributed by atoms with Crippen molar-refractivity contribution in [1.29, 1.82) is 0 Å². The molecular formula is C21H25N3O4. The summed E-state index contributed by atoms with van der Waals surface area (Å²) in [5.41, 5.74) is 1.92. The van der Waals surface area contributed by atoms with Crippen molar-refractivity contribution in [2.45, 2.75) is 13.3 Å². The summed E-state index contributed by atoms with van der Waals surface area (Å²) in [5.74, 6) is 0.385. The lowest BCUT2D eigenvalue weighted by atomic mass is 10.1. The van der Waals surface area contributed by atoms with E-state index >= 15 is 0 Å². The van der Waals surface area contributed by atoms with E-state index in [0.29, 0.717) is 23.5 Å². The molecule has 2 rings (SSSR count). The van der Waals surface area contributed by atoms with Crippen molar-refractivity contribution in [1.82, 2.24) is 4.90 Å². The number of hydrogen-bond acceptors (Lipinski definition) is 5. The third-order valence-electron chi connectivity index (χ3n) is 4.08. The Bertz CT molecular complexity index is 817. The first kappa shape index (κ1) is 21.1.